The van der Waals surface area contributed by atoms with Crippen LogP contribution in [0.5, 0.6) is 0 Å². The van der Waals surface area contributed by atoms with Crippen LogP contribution < -0.4 is 0 Å². The van der Waals surface area contributed by atoms with E-state index in [0.29, 0.717) is 13.3 Å². The van der Waals surface area contributed by atoms with E-state index in [9.17, 15) is 31.9 Å². The molecule has 130 valence electrons. The second-order valence-electron chi connectivity index (χ2n) is 6.53. The molecule has 1 aliphatic heterocycles. The van der Waals surface area contributed by atoms with Crippen LogP contribution in [0.4, 0.5) is 22.0 Å². The van der Waals surface area contributed by atoms with E-state index in [1.807, 2.05) is 0 Å². The van der Waals surface area contributed by atoms with Crippen LogP contribution in [0, 0.1) is 11.8 Å². The first-order valence-corrected chi connectivity index (χ1v) is 7.06. The summed E-state index contributed by atoms with van der Waals surface area (Å²) in [6, 6.07) is 0. The van der Waals surface area contributed by atoms with E-state index in [4.69, 9.17) is 0 Å². The van der Waals surface area contributed by atoms with Crippen molar-refractivity contribution >= 4 is 5.97 Å². The van der Waals surface area contributed by atoms with Crippen LogP contribution in [-0.4, -0.2) is 40.2 Å². The molecule has 9 heteroatoms. The van der Waals surface area contributed by atoms with E-state index in [0.717, 1.165) is 6.92 Å². The fourth-order valence-corrected chi connectivity index (χ4v) is 4.17. The summed E-state index contributed by atoms with van der Waals surface area (Å²) in [6.07, 6.45) is -2.45. The Bertz CT molecular complexity index is 588. The van der Waals surface area contributed by atoms with Gasteiger partial charge in [0.1, 0.15) is 5.60 Å². The van der Waals surface area contributed by atoms with Gasteiger partial charge in [0.15, 0.2) is 0 Å². The lowest BCUT2D eigenvalue weighted by molar-refractivity contribution is -0.417. The number of aliphatic hydroxyl groups is 1. The zero-order valence-corrected chi connectivity index (χ0v) is 12.3. The first kappa shape index (κ1) is 16.6. The van der Waals surface area contributed by atoms with Crippen molar-refractivity contribution in [1.29, 1.82) is 0 Å². The maximum atomic E-state index is 14.7. The number of esters is 1. The highest BCUT2D eigenvalue weighted by molar-refractivity contribution is 5.67. The molecule has 5 unspecified atom stereocenters. The number of hydrogen-bond acceptors (Lipinski definition) is 4. The van der Waals surface area contributed by atoms with Crippen LogP contribution in [0.2, 0.25) is 0 Å². The minimum Gasteiger partial charge on any atom is -0.450 e. The van der Waals surface area contributed by atoms with Gasteiger partial charge in [0, 0.05) is 12.8 Å². The average molecular weight is 342 g/mol. The van der Waals surface area contributed by atoms with Gasteiger partial charge < -0.3 is 14.6 Å². The van der Waals surface area contributed by atoms with Gasteiger partial charge in [-0.05, 0) is 25.7 Å². The molecule has 2 aliphatic carbocycles. The number of allylic oxidation sites excluding steroid dienone is 1. The van der Waals surface area contributed by atoms with E-state index in [-0.39, 0.29) is 12.3 Å². The molecule has 1 N–H and O–H groups in total. The second kappa shape index (κ2) is 4.24. The summed E-state index contributed by atoms with van der Waals surface area (Å²) < 4.78 is 78.4. The van der Waals surface area contributed by atoms with Gasteiger partial charge >= 0.3 is 23.9 Å². The van der Waals surface area contributed by atoms with Crippen LogP contribution in [-0.2, 0) is 14.3 Å². The van der Waals surface area contributed by atoms with Gasteiger partial charge in [-0.1, -0.05) is 12.2 Å². The Kier molecular flexibility index (Phi) is 3.07. The number of ether oxygens (including phenoxy) is 2. The van der Waals surface area contributed by atoms with Crippen molar-refractivity contribution in [2.24, 2.45) is 11.8 Å². The summed E-state index contributed by atoms with van der Waals surface area (Å²) >= 11 is 0. The third-order valence-electron chi connectivity index (χ3n) is 5.23. The molecule has 1 saturated carbocycles. The van der Waals surface area contributed by atoms with Crippen LogP contribution in [0.3, 0.4) is 0 Å². The van der Waals surface area contributed by atoms with Crippen molar-refractivity contribution in [2.75, 3.05) is 0 Å². The number of hydrogen-bond donors (Lipinski definition) is 1. The summed E-state index contributed by atoms with van der Waals surface area (Å²) in [5, 5.41) is 9.75. The molecule has 1 saturated heterocycles. The monoisotopic (exact) mass is 342 g/mol. The summed E-state index contributed by atoms with van der Waals surface area (Å²) in [5.41, 5.74) is -5.08. The molecule has 0 aromatic carbocycles. The van der Waals surface area contributed by atoms with Crippen molar-refractivity contribution in [3.05, 3.63) is 12.2 Å². The molecule has 0 aromatic rings. The number of fused-ring (bicyclic) bond motifs is 3. The lowest BCUT2D eigenvalue weighted by Crippen LogP contribution is -2.65. The Morgan fingerprint density at radius 3 is 2.35 bits per heavy atom. The number of halogens is 5. The predicted molar refractivity (Wildman–Crippen MR) is 65.3 cm³/mol. The van der Waals surface area contributed by atoms with Crippen molar-refractivity contribution in [1.82, 2.24) is 0 Å². The second-order valence-corrected chi connectivity index (χ2v) is 6.53. The fourth-order valence-electron chi connectivity index (χ4n) is 4.17. The molecule has 3 aliphatic rings. The molecule has 0 aromatic heterocycles. The van der Waals surface area contributed by atoms with E-state index in [2.05, 4.69) is 9.47 Å². The minimum absolute atomic E-state index is 0.189. The number of alkyl halides is 5. The Balaban J connectivity index is 2.20. The van der Waals surface area contributed by atoms with Gasteiger partial charge in [0.05, 0.1) is 0 Å². The van der Waals surface area contributed by atoms with E-state index >= 15 is 0 Å². The first-order chi connectivity index (χ1) is 10.3. The number of carbonyl (C=O) groups excluding carboxylic acids is 1. The summed E-state index contributed by atoms with van der Waals surface area (Å²) in [4.78, 5) is 11.3. The van der Waals surface area contributed by atoms with E-state index in [1.54, 1.807) is 6.08 Å². The van der Waals surface area contributed by atoms with Gasteiger partial charge in [-0.2, -0.15) is 22.0 Å². The Hall–Kier alpha value is -1.22. The Morgan fingerprint density at radius 2 is 1.96 bits per heavy atom. The maximum Gasteiger partial charge on any atom is 0.449 e. The number of carbonyl (C=O) groups is 1. The first-order valence-electron chi connectivity index (χ1n) is 7.06. The molecule has 2 fully saturated rings. The summed E-state index contributed by atoms with van der Waals surface area (Å²) in [7, 11) is 0. The molecule has 3 rings (SSSR count). The maximum absolute atomic E-state index is 14.7. The highest BCUT2D eigenvalue weighted by atomic mass is 19.4. The molecular weight excluding hydrogens is 327 g/mol. The largest absolute Gasteiger partial charge is 0.450 e. The predicted octanol–water partition coefficient (Wildman–Crippen LogP) is 2.56. The third kappa shape index (κ3) is 1.69. The molecule has 0 radical (unpaired) electrons. The summed E-state index contributed by atoms with van der Waals surface area (Å²) in [5.74, 6) is -11.8. The molecule has 5 atom stereocenters. The topological polar surface area (TPSA) is 55.8 Å². The van der Waals surface area contributed by atoms with Gasteiger partial charge in [0.2, 0.25) is 5.60 Å². The SMILES string of the molecule is CC(=O)OC1(C)C2(CC3C=CC2C3)OC(O)(C(F)(F)F)C1(F)F. The number of rotatable bonds is 1. The van der Waals surface area contributed by atoms with E-state index < -0.39 is 41.0 Å². The zero-order chi connectivity index (χ0) is 17.5. The van der Waals surface area contributed by atoms with Crippen LogP contribution in [0.15, 0.2) is 12.2 Å². The fraction of sp³-hybridized carbons (Fsp3) is 0.786. The van der Waals surface area contributed by atoms with Crippen LogP contribution in [0.1, 0.15) is 26.7 Å². The Labute approximate surface area is 128 Å². The molecule has 4 nitrogen and oxygen atoms in total. The van der Waals surface area contributed by atoms with Gasteiger partial charge in [-0.25, -0.2) is 0 Å². The van der Waals surface area contributed by atoms with Crippen LogP contribution >= 0.6 is 0 Å². The standard InChI is InChI=1S/C14H15F5O4/c1-7(20)22-10(2)11(6-8-3-4-9(11)5-8)23-13(21,12(10,15)16)14(17,18)19/h3-4,8-9,21H,5-6H2,1-2H3. The zero-order valence-electron chi connectivity index (χ0n) is 12.3. The van der Waals surface area contributed by atoms with Crippen molar-refractivity contribution in [3.8, 4) is 0 Å². The van der Waals surface area contributed by atoms with Crippen molar-refractivity contribution in [2.45, 2.75) is 55.8 Å². The van der Waals surface area contributed by atoms with Crippen molar-refractivity contribution < 1.29 is 41.3 Å². The normalized spacial score (nSPS) is 47.5. The molecule has 1 heterocycles. The lowest BCUT2D eigenvalue weighted by Gasteiger charge is -2.43. The average Bonchev–Trinajstić information content (AvgIpc) is 2.99. The molecule has 23 heavy (non-hydrogen) atoms. The molecule has 0 amide bonds. The van der Waals surface area contributed by atoms with Crippen molar-refractivity contribution in [3.63, 3.8) is 0 Å². The minimum atomic E-state index is -5.76. The molecule has 1 spiro atoms. The Morgan fingerprint density at radius 1 is 1.35 bits per heavy atom. The third-order valence-corrected chi connectivity index (χ3v) is 5.23. The molecular formula is C14H15F5O4. The molecule has 2 bridgehead atoms. The van der Waals surface area contributed by atoms with Gasteiger partial charge in [0.25, 0.3) is 0 Å². The van der Waals surface area contributed by atoms with Gasteiger partial charge in [-0.15, -0.1) is 0 Å². The smallest absolute Gasteiger partial charge is 0.449 e. The highest BCUT2D eigenvalue weighted by Crippen LogP contribution is 2.68. The quantitative estimate of drug-likeness (QED) is 0.452. The van der Waals surface area contributed by atoms with E-state index in [1.165, 1.54) is 6.08 Å². The summed E-state index contributed by atoms with van der Waals surface area (Å²) in [6.45, 7) is 1.52. The lowest BCUT2D eigenvalue weighted by atomic mass is 9.72. The van der Waals surface area contributed by atoms with Crippen LogP contribution in [0.25, 0.3) is 0 Å². The highest BCUT2D eigenvalue weighted by Gasteiger charge is 2.91. The van der Waals surface area contributed by atoms with Gasteiger partial charge in [-0.3, -0.25) is 4.79 Å².